The Morgan fingerprint density at radius 3 is 2.78 bits per heavy atom. The largest absolute Gasteiger partial charge is 0.394 e. The summed E-state index contributed by atoms with van der Waals surface area (Å²) in [4.78, 5) is 42.1. The number of rotatable bonds is 9. The smallest absolute Gasteiger partial charge is 0.247 e. The molecule has 3 N–H and O–H groups in total. The predicted molar refractivity (Wildman–Crippen MR) is 133 cm³/mol. The molecule has 0 saturated carbocycles. The van der Waals surface area contributed by atoms with Crippen LogP contribution in [0.15, 0.2) is 24.3 Å². The number of benzene rings is 1. The van der Waals surface area contributed by atoms with Crippen molar-refractivity contribution in [2.75, 3.05) is 13.2 Å². The molecule has 1 aromatic carbocycles. The van der Waals surface area contributed by atoms with Gasteiger partial charge in [0.1, 0.15) is 23.8 Å². The summed E-state index contributed by atoms with van der Waals surface area (Å²) in [5, 5.41) is 24.2. The Kier molecular flexibility index (Phi) is 6.77. The number of hydrogen-bond acceptors (Lipinski definition) is 7. The molecule has 3 aliphatic rings. The van der Waals surface area contributed by atoms with Gasteiger partial charge in [0.15, 0.2) is 0 Å². The maximum atomic E-state index is 13.9. The van der Waals surface area contributed by atoms with Crippen LogP contribution in [0.25, 0.3) is 11.0 Å². The number of amides is 3. The number of fused-ring (bicyclic) bond motifs is 2. The molecular formula is C24H31BrN6O5. The molecule has 12 heteroatoms. The summed E-state index contributed by atoms with van der Waals surface area (Å²) >= 11 is 3.65. The molecule has 3 aliphatic heterocycles. The second-order valence-electron chi connectivity index (χ2n) is 9.72. The molecule has 3 unspecified atom stereocenters. The SMILES string of the molecule is CCCNC(=O)[C@H]1[C@H]2C(=O)N([C@@H](CC)CO)C(C(=O)NCn3nnc4ccccc43)C23CC(Br)[C@@H]1O3. The zero-order valence-corrected chi connectivity index (χ0v) is 21.8. The van der Waals surface area contributed by atoms with Gasteiger partial charge in [-0.3, -0.25) is 14.4 Å². The lowest BCUT2D eigenvalue weighted by atomic mass is 9.70. The first-order valence-corrected chi connectivity index (χ1v) is 13.4. The van der Waals surface area contributed by atoms with E-state index in [1.807, 2.05) is 38.1 Å². The van der Waals surface area contributed by atoms with Crippen molar-refractivity contribution in [2.45, 2.75) is 68.4 Å². The Hall–Kier alpha value is -2.57. The second kappa shape index (κ2) is 9.71. The van der Waals surface area contributed by atoms with Crippen molar-refractivity contribution in [3.05, 3.63) is 24.3 Å². The van der Waals surface area contributed by atoms with E-state index >= 15 is 0 Å². The van der Waals surface area contributed by atoms with Crippen molar-refractivity contribution in [1.82, 2.24) is 30.5 Å². The molecule has 2 aromatic rings. The molecule has 0 radical (unpaired) electrons. The number of aromatic nitrogens is 3. The monoisotopic (exact) mass is 562 g/mol. The van der Waals surface area contributed by atoms with Crippen LogP contribution in [-0.2, 0) is 25.8 Å². The fraction of sp³-hybridized carbons (Fsp3) is 0.625. The first kappa shape index (κ1) is 25.1. The summed E-state index contributed by atoms with van der Waals surface area (Å²) in [6.07, 6.45) is 1.12. The number of carbonyl (C=O) groups is 3. The van der Waals surface area contributed by atoms with E-state index in [2.05, 4.69) is 36.9 Å². The number of ether oxygens (including phenoxy) is 1. The second-order valence-corrected chi connectivity index (χ2v) is 10.9. The van der Waals surface area contributed by atoms with E-state index in [1.54, 1.807) is 4.68 Å². The third-order valence-corrected chi connectivity index (χ3v) is 8.57. The first-order chi connectivity index (χ1) is 17.4. The Morgan fingerprint density at radius 2 is 2.06 bits per heavy atom. The van der Waals surface area contributed by atoms with E-state index in [9.17, 15) is 19.5 Å². The lowest BCUT2D eigenvalue weighted by molar-refractivity contribution is -0.145. The molecule has 5 rings (SSSR count). The quantitative estimate of drug-likeness (QED) is 0.379. The number of carbonyl (C=O) groups excluding carboxylic acids is 3. The standard InChI is InChI=1S/C24H31BrN6O5/c1-3-9-26-21(33)17-18-23(35)31(13(4-2)11-32)20(24(18)10-14(25)19(17)36-24)22(34)27-12-30-16-8-6-5-7-15(16)28-29-30/h5-8,13-14,17-20,32H,3-4,9-12H2,1-2H3,(H,26,33)(H,27,34)/t13-,14?,17-,18-,19-,20?,24?/m0/s1. The Bertz CT molecular complexity index is 1170. The van der Waals surface area contributed by atoms with Crippen LogP contribution < -0.4 is 10.6 Å². The van der Waals surface area contributed by atoms with E-state index in [4.69, 9.17) is 4.74 Å². The average molecular weight is 563 g/mol. The first-order valence-electron chi connectivity index (χ1n) is 12.5. The molecular weight excluding hydrogens is 532 g/mol. The third kappa shape index (κ3) is 3.72. The van der Waals surface area contributed by atoms with Crippen molar-refractivity contribution in [2.24, 2.45) is 11.8 Å². The third-order valence-electron chi connectivity index (χ3n) is 7.73. The van der Waals surface area contributed by atoms with Crippen LogP contribution >= 0.6 is 15.9 Å². The van der Waals surface area contributed by atoms with Gasteiger partial charge in [0.25, 0.3) is 0 Å². The Labute approximate surface area is 217 Å². The molecule has 7 atom stereocenters. The summed E-state index contributed by atoms with van der Waals surface area (Å²) in [6, 6.07) is 5.85. The molecule has 4 heterocycles. The van der Waals surface area contributed by atoms with Crippen LogP contribution in [0, 0.1) is 11.8 Å². The number of halogens is 1. The highest BCUT2D eigenvalue weighted by Gasteiger charge is 2.76. The average Bonchev–Trinajstić information content (AvgIpc) is 3.59. The Balaban J connectivity index is 1.47. The predicted octanol–water partition coefficient (Wildman–Crippen LogP) is 0.550. The van der Waals surface area contributed by atoms with Gasteiger partial charge >= 0.3 is 0 Å². The molecule has 2 bridgehead atoms. The highest BCUT2D eigenvalue weighted by atomic mass is 79.9. The van der Waals surface area contributed by atoms with Gasteiger partial charge in [-0.25, -0.2) is 4.68 Å². The molecule has 36 heavy (non-hydrogen) atoms. The fourth-order valence-electron chi connectivity index (χ4n) is 6.12. The molecule has 3 amide bonds. The number of nitrogens with one attached hydrogen (secondary N) is 2. The van der Waals surface area contributed by atoms with Crippen molar-refractivity contribution in [3.63, 3.8) is 0 Å². The van der Waals surface area contributed by atoms with E-state index in [0.717, 1.165) is 11.9 Å². The summed E-state index contributed by atoms with van der Waals surface area (Å²) in [5.74, 6) is -2.47. The maximum Gasteiger partial charge on any atom is 0.247 e. The molecule has 11 nitrogen and oxygen atoms in total. The molecule has 1 spiro atoms. The topological polar surface area (TPSA) is 139 Å². The summed E-state index contributed by atoms with van der Waals surface area (Å²) < 4.78 is 8.02. The van der Waals surface area contributed by atoms with E-state index in [-0.39, 0.29) is 29.9 Å². The lowest BCUT2D eigenvalue weighted by Crippen LogP contribution is -2.58. The van der Waals surface area contributed by atoms with E-state index in [0.29, 0.717) is 24.9 Å². The normalized spacial score (nSPS) is 31.6. The van der Waals surface area contributed by atoms with Gasteiger partial charge in [0.05, 0.1) is 36.1 Å². The van der Waals surface area contributed by atoms with Gasteiger partial charge in [-0.2, -0.15) is 0 Å². The zero-order chi connectivity index (χ0) is 25.6. The van der Waals surface area contributed by atoms with Crippen LogP contribution in [0.2, 0.25) is 0 Å². The number of para-hydroxylation sites is 1. The summed E-state index contributed by atoms with van der Waals surface area (Å²) in [5.41, 5.74) is 0.304. The Morgan fingerprint density at radius 1 is 1.28 bits per heavy atom. The molecule has 3 saturated heterocycles. The summed E-state index contributed by atoms with van der Waals surface area (Å²) in [7, 11) is 0. The van der Waals surface area contributed by atoms with Crippen molar-refractivity contribution in [1.29, 1.82) is 0 Å². The van der Waals surface area contributed by atoms with Crippen LogP contribution in [-0.4, -0.2) is 84.5 Å². The molecule has 1 aromatic heterocycles. The molecule has 0 aliphatic carbocycles. The van der Waals surface area contributed by atoms with Crippen LogP contribution in [0.1, 0.15) is 33.1 Å². The number of nitrogens with zero attached hydrogens (tertiary/aromatic N) is 4. The number of hydrogen-bond donors (Lipinski definition) is 3. The molecule has 3 fully saturated rings. The van der Waals surface area contributed by atoms with Gasteiger partial charge in [-0.05, 0) is 31.4 Å². The maximum absolute atomic E-state index is 13.9. The minimum atomic E-state index is -1.17. The van der Waals surface area contributed by atoms with E-state index < -0.39 is 41.5 Å². The fourth-order valence-corrected chi connectivity index (χ4v) is 7.07. The van der Waals surface area contributed by atoms with Crippen molar-refractivity contribution < 1.29 is 24.2 Å². The number of likely N-dealkylation sites (tertiary alicyclic amines) is 1. The lowest BCUT2D eigenvalue weighted by Gasteiger charge is -2.36. The van der Waals surface area contributed by atoms with Crippen LogP contribution in [0.5, 0.6) is 0 Å². The molecule has 194 valence electrons. The van der Waals surface area contributed by atoms with E-state index in [1.165, 1.54) is 4.90 Å². The van der Waals surface area contributed by atoms with Crippen molar-refractivity contribution in [3.8, 4) is 0 Å². The van der Waals surface area contributed by atoms with Gasteiger partial charge in [-0.15, -0.1) is 5.10 Å². The van der Waals surface area contributed by atoms with Gasteiger partial charge in [0, 0.05) is 11.4 Å². The number of alkyl halides is 1. The van der Waals surface area contributed by atoms with Crippen LogP contribution in [0.3, 0.4) is 0 Å². The highest BCUT2D eigenvalue weighted by Crippen LogP contribution is 2.60. The van der Waals surface area contributed by atoms with Crippen molar-refractivity contribution >= 4 is 44.7 Å². The minimum Gasteiger partial charge on any atom is -0.394 e. The highest BCUT2D eigenvalue weighted by molar-refractivity contribution is 9.09. The number of aliphatic hydroxyl groups is 1. The van der Waals surface area contributed by atoms with Crippen LogP contribution in [0.4, 0.5) is 0 Å². The summed E-state index contributed by atoms with van der Waals surface area (Å²) in [6.45, 7) is 4.07. The number of aliphatic hydroxyl groups excluding tert-OH is 1. The van der Waals surface area contributed by atoms with Gasteiger partial charge in [0.2, 0.25) is 17.7 Å². The minimum absolute atomic E-state index is 0.0517. The van der Waals surface area contributed by atoms with Gasteiger partial charge in [-0.1, -0.05) is 47.1 Å². The van der Waals surface area contributed by atoms with Gasteiger partial charge < -0.3 is 25.4 Å². The zero-order valence-electron chi connectivity index (χ0n) is 20.3.